The second-order valence-electron chi connectivity index (χ2n) is 5.69. The van der Waals surface area contributed by atoms with Crippen molar-refractivity contribution in [2.45, 2.75) is 13.8 Å². The molecule has 0 radical (unpaired) electrons. The quantitative estimate of drug-likeness (QED) is 0.515. The molecule has 0 spiro atoms. The molecule has 3 rings (SSSR count). The first-order chi connectivity index (χ1) is 12.9. The van der Waals surface area contributed by atoms with Gasteiger partial charge in [-0.25, -0.2) is 0 Å². The van der Waals surface area contributed by atoms with E-state index in [1.807, 2.05) is 0 Å². The van der Waals surface area contributed by atoms with Crippen LogP contribution in [0.1, 0.15) is 13.8 Å². The average molecular weight is 368 g/mol. The van der Waals surface area contributed by atoms with Crippen LogP contribution in [-0.4, -0.2) is 19.0 Å². The van der Waals surface area contributed by atoms with Crippen molar-refractivity contribution in [3.63, 3.8) is 0 Å². The van der Waals surface area contributed by atoms with Crippen LogP contribution in [0.4, 0.5) is 0 Å². The molecule has 0 atom stereocenters. The highest BCUT2D eigenvalue weighted by Gasteiger charge is 2.14. The predicted molar refractivity (Wildman–Crippen MR) is 97.1 cm³/mol. The number of benzene rings is 2. The van der Waals surface area contributed by atoms with E-state index in [0.717, 1.165) is 0 Å². The summed E-state index contributed by atoms with van der Waals surface area (Å²) in [4.78, 5) is 35.2. The number of rotatable bonds is 4. The summed E-state index contributed by atoms with van der Waals surface area (Å²) in [7, 11) is 1.45. The molecule has 2 aromatic carbocycles. The zero-order valence-corrected chi connectivity index (χ0v) is 14.9. The largest absolute Gasteiger partial charge is 0.493 e. The Bertz CT molecular complexity index is 1100. The van der Waals surface area contributed by atoms with Gasteiger partial charge in [0.05, 0.1) is 18.1 Å². The molecular formula is C20H16O7. The molecule has 0 N–H and O–H groups in total. The maximum absolute atomic E-state index is 12.8. The van der Waals surface area contributed by atoms with Gasteiger partial charge < -0.3 is 18.6 Å². The van der Waals surface area contributed by atoms with Gasteiger partial charge in [-0.05, 0) is 29.8 Å². The van der Waals surface area contributed by atoms with Gasteiger partial charge in [-0.1, -0.05) is 6.07 Å². The van der Waals surface area contributed by atoms with E-state index in [4.69, 9.17) is 18.6 Å². The van der Waals surface area contributed by atoms with E-state index in [2.05, 4.69) is 0 Å². The lowest BCUT2D eigenvalue weighted by Crippen LogP contribution is -2.07. The van der Waals surface area contributed by atoms with Gasteiger partial charge in [-0.15, -0.1) is 0 Å². The number of carbonyl (C=O) groups excluding carboxylic acids is 2. The minimum absolute atomic E-state index is 0.201. The highest BCUT2D eigenvalue weighted by molar-refractivity contribution is 5.84. The van der Waals surface area contributed by atoms with Crippen molar-refractivity contribution in [3.05, 3.63) is 52.9 Å². The highest BCUT2D eigenvalue weighted by Crippen LogP contribution is 2.32. The molecule has 0 saturated heterocycles. The van der Waals surface area contributed by atoms with Gasteiger partial charge >= 0.3 is 11.9 Å². The van der Waals surface area contributed by atoms with Gasteiger partial charge in [0.15, 0.2) is 16.9 Å². The number of fused-ring (bicyclic) bond motifs is 1. The third kappa shape index (κ3) is 3.82. The number of hydrogen-bond acceptors (Lipinski definition) is 7. The van der Waals surface area contributed by atoms with E-state index in [1.165, 1.54) is 51.5 Å². The Balaban J connectivity index is 2.09. The lowest BCUT2D eigenvalue weighted by Gasteiger charge is -2.10. The maximum Gasteiger partial charge on any atom is 0.308 e. The molecule has 3 aromatic rings. The fraction of sp³-hybridized carbons (Fsp3) is 0.150. The van der Waals surface area contributed by atoms with Crippen LogP contribution >= 0.6 is 0 Å². The average Bonchev–Trinajstić information content (AvgIpc) is 2.61. The van der Waals surface area contributed by atoms with Crippen molar-refractivity contribution in [2.24, 2.45) is 0 Å². The second-order valence-corrected chi connectivity index (χ2v) is 5.69. The molecule has 1 aromatic heterocycles. The van der Waals surface area contributed by atoms with Gasteiger partial charge in [-0.3, -0.25) is 14.4 Å². The number of ether oxygens (including phenoxy) is 3. The summed E-state index contributed by atoms with van der Waals surface area (Å²) < 4.78 is 20.8. The third-order valence-corrected chi connectivity index (χ3v) is 3.74. The van der Waals surface area contributed by atoms with Crippen molar-refractivity contribution >= 4 is 22.9 Å². The molecule has 7 nitrogen and oxygen atoms in total. The topological polar surface area (TPSA) is 92.0 Å². The van der Waals surface area contributed by atoms with Crippen LogP contribution in [0, 0.1) is 0 Å². The predicted octanol–water partition coefficient (Wildman–Crippen LogP) is 3.32. The molecule has 0 saturated carbocycles. The van der Waals surface area contributed by atoms with Crippen molar-refractivity contribution < 1.29 is 28.2 Å². The van der Waals surface area contributed by atoms with E-state index >= 15 is 0 Å². The number of carbonyl (C=O) groups is 2. The molecule has 0 amide bonds. The van der Waals surface area contributed by atoms with E-state index in [0.29, 0.717) is 22.3 Å². The summed E-state index contributed by atoms with van der Waals surface area (Å²) in [5, 5.41) is 0.327. The first kappa shape index (κ1) is 18.2. The number of methoxy groups -OCH3 is 1. The van der Waals surface area contributed by atoms with Crippen LogP contribution in [0.5, 0.6) is 17.2 Å². The molecule has 27 heavy (non-hydrogen) atoms. The zero-order chi connectivity index (χ0) is 19.6. The Hall–Kier alpha value is -3.61. The van der Waals surface area contributed by atoms with E-state index in [-0.39, 0.29) is 22.5 Å². The molecule has 138 valence electrons. The van der Waals surface area contributed by atoms with Gasteiger partial charge in [-0.2, -0.15) is 0 Å². The lowest BCUT2D eigenvalue weighted by atomic mass is 10.0. The summed E-state index contributed by atoms with van der Waals surface area (Å²) in [5.41, 5.74) is 0.811. The minimum atomic E-state index is -0.506. The van der Waals surface area contributed by atoms with Crippen LogP contribution in [0.2, 0.25) is 0 Å². The lowest BCUT2D eigenvalue weighted by molar-refractivity contribution is -0.132. The zero-order valence-electron chi connectivity index (χ0n) is 14.9. The summed E-state index contributed by atoms with van der Waals surface area (Å²) >= 11 is 0. The highest BCUT2D eigenvalue weighted by atomic mass is 16.6. The minimum Gasteiger partial charge on any atom is -0.493 e. The van der Waals surface area contributed by atoms with Crippen LogP contribution in [-0.2, 0) is 9.59 Å². The molecule has 0 unspecified atom stereocenters. The second kappa shape index (κ2) is 7.33. The normalized spacial score (nSPS) is 10.5. The van der Waals surface area contributed by atoms with Crippen molar-refractivity contribution in [1.82, 2.24) is 0 Å². The molecular weight excluding hydrogens is 352 g/mol. The van der Waals surface area contributed by atoms with E-state index < -0.39 is 11.9 Å². The summed E-state index contributed by atoms with van der Waals surface area (Å²) in [6.07, 6.45) is 1.31. The summed E-state index contributed by atoms with van der Waals surface area (Å²) in [6.45, 7) is 2.56. The number of esters is 2. The van der Waals surface area contributed by atoms with Crippen molar-refractivity contribution in [2.75, 3.05) is 7.11 Å². The smallest absolute Gasteiger partial charge is 0.308 e. The Morgan fingerprint density at radius 2 is 1.67 bits per heavy atom. The van der Waals surface area contributed by atoms with Gasteiger partial charge in [0.2, 0.25) is 0 Å². The third-order valence-electron chi connectivity index (χ3n) is 3.74. The van der Waals surface area contributed by atoms with E-state index in [1.54, 1.807) is 12.1 Å². The standard InChI is InChI=1S/C20H16O7/c1-11(21)26-14-5-6-15-18(9-14)25-10-16(20(15)23)13-4-7-17(24-3)19(8-13)27-12(2)22/h4-10H,1-3H3. The maximum atomic E-state index is 12.8. The van der Waals surface area contributed by atoms with Crippen LogP contribution in [0.25, 0.3) is 22.1 Å². The Morgan fingerprint density at radius 3 is 2.33 bits per heavy atom. The number of hydrogen-bond donors (Lipinski definition) is 0. The fourth-order valence-corrected chi connectivity index (χ4v) is 2.62. The summed E-state index contributed by atoms with van der Waals surface area (Å²) in [5.74, 6) is -0.122. The van der Waals surface area contributed by atoms with Crippen LogP contribution < -0.4 is 19.6 Å². The Labute approximate surface area is 154 Å². The van der Waals surface area contributed by atoms with Gasteiger partial charge in [0, 0.05) is 19.9 Å². The Morgan fingerprint density at radius 1 is 0.926 bits per heavy atom. The van der Waals surface area contributed by atoms with Gasteiger partial charge in [0.25, 0.3) is 0 Å². The fourth-order valence-electron chi connectivity index (χ4n) is 2.62. The van der Waals surface area contributed by atoms with Crippen molar-refractivity contribution in [3.8, 4) is 28.4 Å². The molecule has 0 bridgehead atoms. The van der Waals surface area contributed by atoms with Crippen LogP contribution in [0.3, 0.4) is 0 Å². The van der Waals surface area contributed by atoms with Crippen molar-refractivity contribution in [1.29, 1.82) is 0 Å². The summed E-state index contributed by atoms with van der Waals surface area (Å²) in [6, 6.07) is 9.31. The first-order valence-electron chi connectivity index (χ1n) is 8.00. The SMILES string of the molecule is COc1ccc(-c2coc3cc(OC(C)=O)ccc3c2=O)cc1OC(C)=O. The molecule has 7 heteroatoms. The molecule has 1 heterocycles. The molecule has 0 aliphatic carbocycles. The monoisotopic (exact) mass is 368 g/mol. The molecule has 0 aliphatic rings. The molecule has 0 aliphatic heterocycles. The first-order valence-corrected chi connectivity index (χ1v) is 8.00. The van der Waals surface area contributed by atoms with Crippen LogP contribution in [0.15, 0.2) is 51.9 Å². The molecule has 0 fully saturated rings. The van der Waals surface area contributed by atoms with Gasteiger partial charge in [0.1, 0.15) is 17.6 Å². The van der Waals surface area contributed by atoms with E-state index in [9.17, 15) is 14.4 Å². The Kier molecular flexibility index (Phi) is 4.94.